The number of ether oxygens (including phenoxy) is 1. The van der Waals surface area contributed by atoms with Crippen LogP contribution in [-0.4, -0.2) is 47.3 Å². The second kappa shape index (κ2) is 6.17. The number of H-pyrrole nitrogens is 1. The van der Waals surface area contributed by atoms with E-state index in [0.717, 1.165) is 49.5 Å². The standard InChI is InChI=1S/C13H17N3O2S2/c17-12-10-2-9-20-11(10)14-13(19)16(12)4-1-3-15-5-7-18-8-6-15/h2,9H,1,3-8H2,(H,14,19). The van der Waals surface area contributed by atoms with E-state index in [2.05, 4.69) is 9.88 Å². The number of morpholine rings is 1. The van der Waals surface area contributed by atoms with E-state index in [1.165, 1.54) is 11.3 Å². The molecular formula is C13H17N3O2S2. The molecule has 2 aromatic heterocycles. The van der Waals surface area contributed by atoms with Gasteiger partial charge in [0.15, 0.2) is 4.77 Å². The van der Waals surface area contributed by atoms with Gasteiger partial charge in [-0.05, 0) is 30.1 Å². The fraction of sp³-hybridized carbons (Fsp3) is 0.538. The minimum Gasteiger partial charge on any atom is -0.379 e. The van der Waals surface area contributed by atoms with Gasteiger partial charge in [-0.25, -0.2) is 0 Å². The van der Waals surface area contributed by atoms with Crippen molar-refractivity contribution in [1.29, 1.82) is 0 Å². The summed E-state index contributed by atoms with van der Waals surface area (Å²) < 4.78 is 7.52. The summed E-state index contributed by atoms with van der Waals surface area (Å²) in [5.41, 5.74) is 0.0203. The molecular weight excluding hydrogens is 294 g/mol. The van der Waals surface area contributed by atoms with E-state index in [-0.39, 0.29) is 5.56 Å². The monoisotopic (exact) mass is 311 g/mol. The maximum Gasteiger partial charge on any atom is 0.263 e. The Labute approximate surface area is 125 Å². The summed E-state index contributed by atoms with van der Waals surface area (Å²) in [7, 11) is 0. The Morgan fingerprint density at radius 1 is 1.35 bits per heavy atom. The van der Waals surface area contributed by atoms with E-state index in [0.29, 0.717) is 11.3 Å². The van der Waals surface area contributed by atoms with E-state index in [1.807, 2.05) is 11.4 Å². The second-order valence-electron chi connectivity index (χ2n) is 4.86. The first-order valence-electron chi connectivity index (χ1n) is 6.76. The molecule has 108 valence electrons. The van der Waals surface area contributed by atoms with Crippen molar-refractivity contribution in [3.8, 4) is 0 Å². The molecule has 0 amide bonds. The molecule has 1 N–H and O–H groups in total. The average molecular weight is 311 g/mol. The van der Waals surface area contributed by atoms with Gasteiger partial charge in [0.25, 0.3) is 5.56 Å². The maximum absolute atomic E-state index is 12.3. The zero-order chi connectivity index (χ0) is 13.9. The molecule has 0 bridgehead atoms. The topological polar surface area (TPSA) is 50.3 Å². The number of nitrogens with zero attached hydrogens (tertiary/aromatic N) is 2. The van der Waals surface area contributed by atoms with Crippen LogP contribution < -0.4 is 5.56 Å². The number of nitrogens with one attached hydrogen (secondary N) is 1. The van der Waals surface area contributed by atoms with Crippen LogP contribution in [0.3, 0.4) is 0 Å². The van der Waals surface area contributed by atoms with Crippen molar-refractivity contribution in [1.82, 2.24) is 14.5 Å². The van der Waals surface area contributed by atoms with Gasteiger partial charge in [0, 0.05) is 26.2 Å². The molecule has 0 radical (unpaired) electrons. The van der Waals surface area contributed by atoms with Crippen molar-refractivity contribution in [3.63, 3.8) is 0 Å². The zero-order valence-corrected chi connectivity index (χ0v) is 12.8. The first-order valence-corrected chi connectivity index (χ1v) is 8.05. The third-order valence-corrected chi connectivity index (χ3v) is 4.72. The van der Waals surface area contributed by atoms with Crippen LogP contribution in [0.25, 0.3) is 10.2 Å². The SMILES string of the molecule is O=c1c2ccsc2[nH]c(=S)n1CCCN1CCOCC1. The highest BCUT2D eigenvalue weighted by molar-refractivity contribution is 7.71. The molecule has 3 heterocycles. The van der Waals surface area contributed by atoms with Gasteiger partial charge < -0.3 is 9.72 Å². The van der Waals surface area contributed by atoms with Crippen LogP contribution in [0.1, 0.15) is 6.42 Å². The summed E-state index contributed by atoms with van der Waals surface area (Å²) in [6, 6.07) is 1.85. The summed E-state index contributed by atoms with van der Waals surface area (Å²) in [5, 5.41) is 2.64. The Hall–Kier alpha value is -1.02. The quantitative estimate of drug-likeness (QED) is 0.876. The Kier molecular flexibility index (Phi) is 4.30. The lowest BCUT2D eigenvalue weighted by molar-refractivity contribution is 0.0369. The number of hydrogen-bond acceptors (Lipinski definition) is 5. The van der Waals surface area contributed by atoms with Crippen LogP contribution in [0, 0.1) is 4.77 Å². The van der Waals surface area contributed by atoms with Crippen molar-refractivity contribution in [2.45, 2.75) is 13.0 Å². The van der Waals surface area contributed by atoms with Gasteiger partial charge in [-0.3, -0.25) is 14.3 Å². The number of thiophene rings is 1. The van der Waals surface area contributed by atoms with Crippen molar-refractivity contribution in [3.05, 3.63) is 26.6 Å². The average Bonchev–Trinajstić information content (AvgIpc) is 2.92. The highest BCUT2D eigenvalue weighted by Gasteiger charge is 2.11. The van der Waals surface area contributed by atoms with Crippen molar-refractivity contribution in [2.75, 3.05) is 32.8 Å². The number of aromatic nitrogens is 2. The summed E-state index contributed by atoms with van der Waals surface area (Å²) in [4.78, 5) is 18.7. The molecule has 0 unspecified atom stereocenters. The fourth-order valence-electron chi connectivity index (χ4n) is 2.46. The molecule has 2 aromatic rings. The van der Waals surface area contributed by atoms with Crippen LogP contribution in [0.4, 0.5) is 0 Å². The summed E-state index contributed by atoms with van der Waals surface area (Å²) in [5.74, 6) is 0. The Balaban J connectivity index is 1.70. The van der Waals surface area contributed by atoms with E-state index >= 15 is 0 Å². The first-order chi connectivity index (χ1) is 9.75. The van der Waals surface area contributed by atoms with Crippen molar-refractivity contribution in [2.24, 2.45) is 0 Å². The molecule has 0 atom stereocenters. The number of hydrogen-bond donors (Lipinski definition) is 1. The summed E-state index contributed by atoms with van der Waals surface area (Å²) in [6.45, 7) is 5.21. The molecule has 0 spiro atoms. The molecule has 1 aliphatic rings. The van der Waals surface area contributed by atoms with E-state index in [9.17, 15) is 4.79 Å². The van der Waals surface area contributed by atoms with Crippen LogP contribution in [-0.2, 0) is 11.3 Å². The molecule has 5 nitrogen and oxygen atoms in total. The molecule has 0 saturated carbocycles. The predicted molar refractivity (Wildman–Crippen MR) is 83.1 cm³/mol. The third-order valence-electron chi connectivity index (χ3n) is 3.57. The van der Waals surface area contributed by atoms with E-state index < -0.39 is 0 Å². The molecule has 0 aromatic carbocycles. The Morgan fingerprint density at radius 3 is 2.95 bits per heavy atom. The minimum atomic E-state index is 0.0203. The number of rotatable bonds is 4. The normalized spacial score (nSPS) is 16.8. The number of aromatic amines is 1. The van der Waals surface area contributed by atoms with Crippen molar-refractivity contribution >= 4 is 33.8 Å². The predicted octanol–water partition coefficient (Wildman–Crippen LogP) is 1.84. The molecule has 1 aliphatic heterocycles. The number of fused-ring (bicyclic) bond motifs is 1. The highest BCUT2D eigenvalue weighted by atomic mass is 32.1. The Bertz CT molecular complexity index is 697. The van der Waals surface area contributed by atoms with Crippen LogP contribution in [0.15, 0.2) is 16.2 Å². The lowest BCUT2D eigenvalue weighted by Crippen LogP contribution is -2.37. The van der Waals surface area contributed by atoms with Gasteiger partial charge in [-0.2, -0.15) is 0 Å². The molecule has 1 fully saturated rings. The summed E-state index contributed by atoms with van der Waals surface area (Å²) >= 11 is 6.80. The molecule has 7 heteroatoms. The Morgan fingerprint density at radius 2 is 2.15 bits per heavy atom. The van der Waals surface area contributed by atoms with Crippen LogP contribution in [0.5, 0.6) is 0 Å². The van der Waals surface area contributed by atoms with E-state index in [4.69, 9.17) is 17.0 Å². The lowest BCUT2D eigenvalue weighted by atomic mass is 10.3. The summed E-state index contributed by atoms with van der Waals surface area (Å²) in [6.07, 6.45) is 0.924. The first kappa shape index (κ1) is 13.9. The van der Waals surface area contributed by atoms with E-state index in [1.54, 1.807) is 4.57 Å². The second-order valence-corrected chi connectivity index (χ2v) is 6.16. The van der Waals surface area contributed by atoms with Crippen molar-refractivity contribution < 1.29 is 4.74 Å². The molecule has 20 heavy (non-hydrogen) atoms. The van der Waals surface area contributed by atoms with Gasteiger partial charge in [-0.1, -0.05) is 0 Å². The van der Waals surface area contributed by atoms with Gasteiger partial charge in [0.2, 0.25) is 0 Å². The largest absolute Gasteiger partial charge is 0.379 e. The zero-order valence-electron chi connectivity index (χ0n) is 11.1. The van der Waals surface area contributed by atoms with Gasteiger partial charge in [0.05, 0.1) is 18.6 Å². The van der Waals surface area contributed by atoms with Crippen LogP contribution >= 0.6 is 23.6 Å². The molecule has 0 aliphatic carbocycles. The fourth-order valence-corrected chi connectivity index (χ4v) is 3.58. The highest BCUT2D eigenvalue weighted by Crippen LogP contribution is 2.14. The lowest BCUT2D eigenvalue weighted by Gasteiger charge is -2.26. The third kappa shape index (κ3) is 2.85. The maximum atomic E-state index is 12.3. The molecule has 3 rings (SSSR count). The minimum absolute atomic E-state index is 0.0203. The van der Waals surface area contributed by atoms with Gasteiger partial charge in [-0.15, -0.1) is 11.3 Å². The van der Waals surface area contributed by atoms with Crippen LogP contribution in [0.2, 0.25) is 0 Å². The van der Waals surface area contributed by atoms with Gasteiger partial charge >= 0.3 is 0 Å². The smallest absolute Gasteiger partial charge is 0.263 e. The molecule has 1 saturated heterocycles. The van der Waals surface area contributed by atoms with Gasteiger partial charge in [0.1, 0.15) is 4.83 Å².